The van der Waals surface area contributed by atoms with Crippen LogP contribution in [0.5, 0.6) is 0 Å². The van der Waals surface area contributed by atoms with Gasteiger partial charge in [0.2, 0.25) is 0 Å². The molecule has 0 spiro atoms. The second-order valence-electron chi connectivity index (χ2n) is 5.70. The fraction of sp³-hybridized carbons (Fsp3) is 0.562. The lowest BCUT2D eigenvalue weighted by molar-refractivity contribution is -0.118. The molecular formula is C16H26N2O3S. The summed E-state index contributed by atoms with van der Waals surface area (Å²) in [5, 5.41) is 0. The first-order valence-electron chi connectivity index (χ1n) is 7.36. The van der Waals surface area contributed by atoms with Crippen LogP contribution in [0.15, 0.2) is 33.5 Å². The molecule has 0 saturated heterocycles. The number of anilines is 1. The maximum atomic E-state index is 12.6. The Bertz CT molecular complexity index is 600. The molecule has 0 aliphatic rings. The second-order valence-corrected chi connectivity index (χ2v) is 7.96. The topological polar surface area (TPSA) is 59.0 Å². The number of hydrogen-bond acceptors (Lipinski definition) is 4. The summed E-state index contributed by atoms with van der Waals surface area (Å²) in [6.07, 6.45) is 2.50. The highest BCUT2D eigenvalue weighted by molar-refractivity contribution is 7.93. The van der Waals surface area contributed by atoms with Crippen molar-refractivity contribution in [3.63, 3.8) is 0 Å². The van der Waals surface area contributed by atoms with Gasteiger partial charge in [-0.1, -0.05) is 0 Å². The molecule has 1 aromatic rings. The summed E-state index contributed by atoms with van der Waals surface area (Å²) in [6.45, 7) is 4.41. The van der Waals surface area contributed by atoms with Crippen LogP contribution in [0.1, 0.15) is 26.7 Å². The van der Waals surface area contributed by atoms with Crippen LogP contribution in [0.3, 0.4) is 0 Å². The number of ether oxygens (including phenoxy) is 1. The van der Waals surface area contributed by atoms with Gasteiger partial charge >= 0.3 is 0 Å². The summed E-state index contributed by atoms with van der Waals surface area (Å²) in [5.74, 6) is -0.337. The Hall–Kier alpha value is -1.40. The van der Waals surface area contributed by atoms with Gasteiger partial charge in [0.05, 0.1) is 15.8 Å². The second kappa shape index (κ2) is 8.29. The molecule has 0 heterocycles. The number of carbonyl (C=O) groups excluding carboxylic acids is 1. The van der Waals surface area contributed by atoms with E-state index in [0.29, 0.717) is 17.9 Å². The molecule has 0 aliphatic heterocycles. The van der Waals surface area contributed by atoms with E-state index in [1.807, 2.05) is 45.0 Å². The lowest BCUT2D eigenvalue weighted by atomic mass is 10.3. The zero-order valence-electron chi connectivity index (χ0n) is 14.0. The highest BCUT2D eigenvalue weighted by Crippen LogP contribution is 2.17. The molecule has 6 heteroatoms. The van der Waals surface area contributed by atoms with Gasteiger partial charge in [-0.3, -0.25) is 4.79 Å². The standard InChI is InChI=1S/C16H26N2O3S/c1-13(2)21-12-6-7-16(19)17-22(5,20)15-10-8-14(9-11-15)18(3)4/h8-11,13H,6-7,12H2,1-5H3. The van der Waals surface area contributed by atoms with Crippen molar-refractivity contribution in [1.29, 1.82) is 0 Å². The summed E-state index contributed by atoms with van der Waals surface area (Å²) >= 11 is 0. The minimum atomic E-state index is -2.69. The Morgan fingerprint density at radius 1 is 1.27 bits per heavy atom. The number of hydrogen-bond donors (Lipinski definition) is 0. The first kappa shape index (κ1) is 18.6. The van der Waals surface area contributed by atoms with Crippen molar-refractivity contribution < 1.29 is 13.7 Å². The summed E-state index contributed by atoms with van der Waals surface area (Å²) in [6, 6.07) is 7.26. The number of benzene rings is 1. The van der Waals surface area contributed by atoms with E-state index in [4.69, 9.17) is 4.74 Å². The lowest BCUT2D eigenvalue weighted by Gasteiger charge is -2.13. The van der Waals surface area contributed by atoms with Crippen molar-refractivity contribution in [2.75, 3.05) is 31.9 Å². The Labute approximate surface area is 133 Å². The number of rotatable bonds is 7. The SMILES string of the molecule is CC(C)OCCCC(=O)N=S(C)(=O)c1ccc(N(C)C)cc1. The molecule has 0 bridgehead atoms. The van der Waals surface area contributed by atoms with Crippen molar-refractivity contribution in [2.45, 2.75) is 37.7 Å². The normalized spacial score (nSPS) is 13.7. The zero-order valence-corrected chi connectivity index (χ0v) is 14.9. The molecule has 0 radical (unpaired) electrons. The van der Waals surface area contributed by atoms with E-state index in [1.165, 1.54) is 6.26 Å². The summed E-state index contributed by atoms with van der Waals surface area (Å²) in [4.78, 5) is 14.4. The molecule has 0 saturated carbocycles. The fourth-order valence-corrected chi connectivity index (χ4v) is 3.06. The van der Waals surface area contributed by atoms with Gasteiger partial charge in [-0.25, -0.2) is 4.21 Å². The van der Waals surface area contributed by atoms with Gasteiger partial charge in [-0.05, 0) is 44.5 Å². The van der Waals surface area contributed by atoms with Crippen LogP contribution in [0.25, 0.3) is 0 Å². The predicted octanol–water partition coefficient (Wildman–Crippen LogP) is 2.94. The molecule has 1 unspecified atom stereocenters. The van der Waals surface area contributed by atoms with Crippen molar-refractivity contribution in [2.24, 2.45) is 4.36 Å². The van der Waals surface area contributed by atoms with E-state index in [9.17, 15) is 9.00 Å². The quantitative estimate of drug-likeness (QED) is 0.723. The lowest BCUT2D eigenvalue weighted by Crippen LogP contribution is -2.09. The number of amides is 1. The molecule has 1 atom stereocenters. The molecule has 124 valence electrons. The molecule has 22 heavy (non-hydrogen) atoms. The fourth-order valence-electron chi connectivity index (χ4n) is 1.83. The van der Waals surface area contributed by atoms with E-state index in [2.05, 4.69) is 4.36 Å². The van der Waals surface area contributed by atoms with E-state index in [1.54, 1.807) is 12.1 Å². The molecule has 1 aromatic carbocycles. The van der Waals surface area contributed by atoms with Crippen molar-refractivity contribution in [1.82, 2.24) is 0 Å². The van der Waals surface area contributed by atoms with Crippen LogP contribution in [0.4, 0.5) is 5.69 Å². The third-order valence-electron chi connectivity index (χ3n) is 3.05. The maximum absolute atomic E-state index is 12.6. The average Bonchev–Trinajstić information content (AvgIpc) is 2.43. The third kappa shape index (κ3) is 6.15. The summed E-state index contributed by atoms with van der Waals surface area (Å²) in [5.41, 5.74) is 1.01. The molecule has 0 aromatic heterocycles. The van der Waals surface area contributed by atoms with E-state index >= 15 is 0 Å². The Morgan fingerprint density at radius 3 is 2.36 bits per heavy atom. The highest BCUT2D eigenvalue weighted by Gasteiger charge is 2.10. The molecular weight excluding hydrogens is 300 g/mol. The molecule has 0 N–H and O–H groups in total. The first-order chi connectivity index (χ1) is 10.2. The maximum Gasteiger partial charge on any atom is 0.254 e. The minimum absolute atomic E-state index is 0.151. The van der Waals surface area contributed by atoms with Gasteiger partial charge in [0.15, 0.2) is 0 Å². The van der Waals surface area contributed by atoms with Crippen LogP contribution in [0.2, 0.25) is 0 Å². The molecule has 5 nitrogen and oxygen atoms in total. The monoisotopic (exact) mass is 326 g/mol. The van der Waals surface area contributed by atoms with Gasteiger partial charge in [-0.2, -0.15) is 4.36 Å². The minimum Gasteiger partial charge on any atom is -0.379 e. The van der Waals surface area contributed by atoms with Crippen LogP contribution in [0, 0.1) is 0 Å². The first-order valence-corrected chi connectivity index (χ1v) is 9.28. The van der Waals surface area contributed by atoms with E-state index in [-0.39, 0.29) is 18.4 Å². The Morgan fingerprint density at radius 2 is 1.86 bits per heavy atom. The predicted molar refractivity (Wildman–Crippen MR) is 90.9 cm³/mol. The molecule has 0 fully saturated rings. The average molecular weight is 326 g/mol. The van der Waals surface area contributed by atoms with Crippen molar-refractivity contribution in [3.8, 4) is 0 Å². The van der Waals surface area contributed by atoms with Gasteiger partial charge in [-0.15, -0.1) is 0 Å². The summed E-state index contributed by atoms with van der Waals surface area (Å²) in [7, 11) is 1.18. The van der Waals surface area contributed by atoms with Crippen LogP contribution >= 0.6 is 0 Å². The van der Waals surface area contributed by atoms with Crippen molar-refractivity contribution in [3.05, 3.63) is 24.3 Å². The number of nitrogens with zero attached hydrogens (tertiary/aromatic N) is 2. The molecule has 1 amide bonds. The Kier molecular flexibility index (Phi) is 7.03. The van der Waals surface area contributed by atoms with Crippen LogP contribution in [-0.4, -0.2) is 43.2 Å². The van der Waals surface area contributed by atoms with E-state index < -0.39 is 9.73 Å². The summed E-state index contributed by atoms with van der Waals surface area (Å²) < 4.78 is 21.9. The largest absolute Gasteiger partial charge is 0.379 e. The van der Waals surface area contributed by atoms with Crippen LogP contribution in [-0.2, 0) is 19.3 Å². The third-order valence-corrected chi connectivity index (χ3v) is 4.75. The smallest absolute Gasteiger partial charge is 0.254 e. The van der Waals surface area contributed by atoms with Gasteiger partial charge in [0.25, 0.3) is 5.91 Å². The number of carbonyl (C=O) groups is 1. The molecule has 0 aliphatic carbocycles. The van der Waals surface area contributed by atoms with Crippen LogP contribution < -0.4 is 4.90 Å². The van der Waals surface area contributed by atoms with Crippen molar-refractivity contribution >= 4 is 21.3 Å². The highest BCUT2D eigenvalue weighted by atomic mass is 32.2. The Balaban J connectivity index is 2.71. The van der Waals surface area contributed by atoms with Gasteiger partial charge < -0.3 is 9.64 Å². The molecule has 1 rings (SSSR count). The van der Waals surface area contributed by atoms with Gasteiger partial charge in [0, 0.05) is 44.0 Å². The zero-order chi connectivity index (χ0) is 16.8. The van der Waals surface area contributed by atoms with Gasteiger partial charge in [0.1, 0.15) is 0 Å². The van der Waals surface area contributed by atoms with E-state index in [0.717, 1.165) is 5.69 Å².